The van der Waals surface area contributed by atoms with Gasteiger partial charge in [0.2, 0.25) is 5.91 Å². The highest BCUT2D eigenvalue weighted by atomic mass is 16.2. The number of pyridine rings is 1. The minimum atomic E-state index is -0.0193. The summed E-state index contributed by atoms with van der Waals surface area (Å²) in [5.41, 5.74) is 3.94. The second-order valence-electron chi connectivity index (χ2n) is 8.27. The lowest BCUT2D eigenvalue weighted by molar-refractivity contribution is -0.121. The molecule has 0 atom stereocenters. The summed E-state index contributed by atoms with van der Waals surface area (Å²) in [6.07, 6.45) is 7.27. The van der Waals surface area contributed by atoms with Gasteiger partial charge in [-0.2, -0.15) is 5.10 Å². The highest BCUT2D eigenvalue weighted by Gasteiger charge is 2.25. The van der Waals surface area contributed by atoms with Crippen LogP contribution >= 0.6 is 0 Å². The molecule has 5 rings (SSSR count). The van der Waals surface area contributed by atoms with Crippen molar-refractivity contribution in [1.29, 1.82) is 0 Å². The van der Waals surface area contributed by atoms with Crippen LogP contribution in [0.15, 0.2) is 61.1 Å². The van der Waals surface area contributed by atoms with Crippen LogP contribution in [0, 0.1) is 5.92 Å². The average molecular weight is 428 g/mol. The molecule has 4 heterocycles. The number of piperidine rings is 1. The third kappa shape index (κ3) is 4.50. The predicted octanol–water partition coefficient (Wildman–Crippen LogP) is 3.28. The van der Waals surface area contributed by atoms with Gasteiger partial charge in [-0.25, -0.2) is 0 Å². The van der Waals surface area contributed by atoms with Gasteiger partial charge in [0.25, 0.3) is 0 Å². The first-order chi connectivity index (χ1) is 15.6. The first kappa shape index (κ1) is 20.3. The lowest BCUT2D eigenvalue weighted by Gasteiger charge is -2.30. The minimum absolute atomic E-state index is 0.0135. The van der Waals surface area contributed by atoms with E-state index in [2.05, 4.69) is 30.5 Å². The molecule has 0 unspecified atom stereocenters. The molecule has 1 fully saturated rings. The molecule has 1 aliphatic rings. The Kier molecular flexibility index (Phi) is 5.60. The van der Waals surface area contributed by atoms with E-state index in [4.69, 9.17) is 0 Å². The molecule has 3 aromatic heterocycles. The SMILES string of the molecule is Cn1cc(-c2ccc3nnc(NC(=O)C4CCN(Cc5ccccn5)CC4)cc3c2)cn1. The van der Waals surface area contributed by atoms with E-state index in [1.165, 1.54) is 0 Å². The number of nitrogens with zero attached hydrogens (tertiary/aromatic N) is 6. The Morgan fingerprint density at radius 3 is 2.72 bits per heavy atom. The number of hydrogen-bond donors (Lipinski definition) is 1. The van der Waals surface area contributed by atoms with Gasteiger partial charge in [0.15, 0.2) is 5.82 Å². The third-order valence-corrected chi connectivity index (χ3v) is 5.94. The maximum absolute atomic E-state index is 12.8. The molecule has 1 aromatic carbocycles. The number of benzene rings is 1. The maximum Gasteiger partial charge on any atom is 0.228 e. The summed E-state index contributed by atoms with van der Waals surface area (Å²) in [5.74, 6) is 0.482. The summed E-state index contributed by atoms with van der Waals surface area (Å²) >= 11 is 0. The molecule has 8 heteroatoms. The zero-order valence-corrected chi connectivity index (χ0v) is 18.0. The number of carbonyl (C=O) groups excluding carboxylic acids is 1. The molecule has 1 amide bonds. The van der Waals surface area contributed by atoms with E-state index in [-0.39, 0.29) is 11.8 Å². The fraction of sp³-hybridized carbons (Fsp3) is 0.292. The lowest BCUT2D eigenvalue weighted by Crippen LogP contribution is -2.38. The number of anilines is 1. The molecular weight excluding hydrogens is 402 g/mol. The van der Waals surface area contributed by atoms with E-state index >= 15 is 0 Å². The molecule has 8 nitrogen and oxygen atoms in total. The predicted molar refractivity (Wildman–Crippen MR) is 123 cm³/mol. The fourth-order valence-corrected chi connectivity index (χ4v) is 4.16. The van der Waals surface area contributed by atoms with Crippen molar-refractivity contribution in [3.63, 3.8) is 0 Å². The third-order valence-electron chi connectivity index (χ3n) is 5.94. The first-order valence-electron chi connectivity index (χ1n) is 10.8. The van der Waals surface area contributed by atoms with E-state index in [0.717, 1.165) is 60.2 Å². The first-order valence-corrected chi connectivity index (χ1v) is 10.8. The molecular formula is C24H25N7O. The van der Waals surface area contributed by atoms with Gasteiger partial charge in [0.05, 0.1) is 17.4 Å². The Balaban J connectivity index is 1.22. The van der Waals surface area contributed by atoms with Gasteiger partial charge < -0.3 is 5.32 Å². The van der Waals surface area contributed by atoms with Crippen molar-refractivity contribution in [3.05, 3.63) is 66.7 Å². The Bertz CT molecular complexity index is 1230. The smallest absolute Gasteiger partial charge is 0.228 e. The van der Waals surface area contributed by atoms with Crippen LogP contribution in [0.3, 0.4) is 0 Å². The number of rotatable bonds is 5. The standard InChI is InChI=1S/C24H25N7O/c1-30-15-20(14-26-30)18-5-6-22-19(12-18)13-23(29-28-22)27-24(32)17-7-10-31(11-8-17)16-21-4-2-3-9-25-21/h2-6,9,12-15,17H,7-8,10-11,16H2,1H3,(H,27,29,32). The Morgan fingerprint density at radius 2 is 1.97 bits per heavy atom. The van der Waals surface area contributed by atoms with E-state index in [9.17, 15) is 4.79 Å². The van der Waals surface area contributed by atoms with Crippen LogP contribution in [0.5, 0.6) is 0 Å². The van der Waals surface area contributed by atoms with Crippen LogP contribution in [-0.2, 0) is 18.4 Å². The Labute approximate surface area is 186 Å². The summed E-state index contributed by atoms with van der Waals surface area (Å²) in [6, 6.07) is 13.8. The molecule has 0 bridgehead atoms. The lowest BCUT2D eigenvalue weighted by atomic mass is 9.96. The summed E-state index contributed by atoms with van der Waals surface area (Å²) < 4.78 is 1.78. The summed E-state index contributed by atoms with van der Waals surface area (Å²) in [5, 5.41) is 16.6. The van der Waals surface area contributed by atoms with Crippen LogP contribution in [0.2, 0.25) is 0 Å². The number of fused-ring (bicyclic) bond motifs is 1. The number of carbonyl (C=O) groups is 1. The molecule has 1 saturated heterocycles. The zero-order valence-electron chi connectivity index (χ0n) is 18.0. The van der Waals surface area contributed by atoms with Crippen molar-refractivity contribution in [2.45, 2.75) is 19.4 Å². The monoisotopic (exact) mass is 427 g/mol. The number of amides is 1. The summed E-state index contributed by atoms with van der Waals surface area (Å²) in [6.45, 7) is 2.59. The van der Waals surface area contributed by atoms with Gasteiger partial charge in [-0.05, 0) is 61.8 Å². The van der Waals surface area contributed by atoms with Gasteiger partial charge in [-0.3, -0.25) is 19.4 Å². The van der Waals surface area contributed by atoms with Crippen LogP contribution in [0.1, 0.15) is 18.5 Å². The summed E-state index contributed by atoms with van der Waals surface area (Å²) in [4.78, 5) is 19.6. The zero-order chi connectivity index (χ0) is 21.9. The molecule has 162 valence electrons. The molecule has 1 N–H and O–H groups in total. The van der Waals surface area contributed by atoms with Gasteiger partial charge in [-0.15, -0.1) is 10.2 Å². The Hall–Kier alpha value is -3.65. The fourth-order valence-electron chi connectivity index (χ4n) is 4.16. The van der Waals surface area contributed by atoms with Crippen LogP contribution in [-0.4, -0.2) is 48.9 Å². The van der Waals surface area contributed by atoms with E-state index in [1.807, 2.05) is 68.1 Å². The molecule has 0 saturated carbocycles. The van der Waals surface area contributed by atoms with Gasteiger partial charge >= 0.3 is 0 Å². The normalized spacial score (nSPS) is 15.2. The van der Waals surface area contributed by atoms with Crippen molar-refractivity contribution in [2.75, 3.05) is 18.4 Å². The molecule has 32 heavy (non-hydrogen) atoms. The van der Waals surface area contributed by atoms with Crippen molar-refractivity contribution in [3.8, 4) is 11.1 Å². The second-order valence-corrected chi connectivity index (χ2v) is 8.27. The highest BCUT2D eigenvalue weighted by Crippen LogP contribution is 2.25. The van der Waals surface area contributed by atoms with Gasteiger partial charge in [0, 0.05) is 42.9 Å². The number of aryl methyl sites for hydroxylation is 1. The number of hydrogen-bond acceptors (Lipinski definition) is 6. The quantitative estimate of drug-likeness (QED) is 0.526. The van der Waals surface area contributed by atoms with Crippen molar-refractivity contribution < 1.29 is 4.79 Å². The van der Waals surface area contributed by atoms with E-state index in [0.29, 0.717) is 5.82 Å². The van der Waals surface area contributed by atoms with Crippen LogP contribution in [0.4, 0.5) is 5.82 Å². The number of nitrogens with one attached hydrogen (secondary N) is 1. The van der Waals surface area contributed by atoms with Crippen molar-refractivity contribution >= 4 is 22.6 Å². The molecule has 0 aliphatic carbocycles. The Morgan fingerprint density at radius 1 is 1.09 bits per heavy atom. The van der Waals surface area contributed by atoms with Crippen molar-refractivity contribution in [1.82, 2.24) is 29.9 Å². The largest absolute Gasteiger partial charge is 0.309 e. The van der Waals surface area contributed by atoms with Crippen molar-refractivity contribution in [2.24, 2.45) is 13.0 Å². The molecule has 1 aliphatic heterocycles. The highest BCUT2D eigenvalue weighted by molar-refractivity contribution is 5.94. The number of likely N-dealkylation sites (tertiary alicyclic amines) is 1. The number of aromatic nitrogens is 5. The molecule has 4 aromatic rings. The molecule has 0 spiro atoms. The van der Waals surface area contributed by atoms with Crippen LogP contribution in [0.25, 0.3) is 22.0 Å². The summed E-state index contributed by atoms with van der Waals surface area (Å²) in [7, 11) is 1.90. The van der Waals surface area contributed by atoms with Gasteiger partial charge in [0.1, 0.15) is 0 Å². The topological polar surface area (TPSA) is 88.8 Å². The van der Waals surface area contributed by atoms with Crippen LogP contribution < -0.4 is 5.32 Å². The maximum atomic E-state index is 12.8. The minimum Gasteiger partial charge on any atom is -0.309 e. The van der Waals surface area contributed by atoms with E-state index < -0.39 is 0 Å². The van der Waals surface area contributed by atoms with Gasteiger partial charge in [-0.1, -0.05) is 12.1 Å². The van der Waals surface area contributed by atoms with E-state index in [1.54, 1.807) is 4.68 Å². The molecule has 0 radical (unpaired) electrons. The second kappa shape index (κ2) is 8.84. The average Bonchev–Trinajstić information content (AvgIpc) is 3.26.